The van der Waals surface area contributed by atoms with Gasteiger partial charge in [0.05, 0.1) is 17.9 Å². The SMILES string of the molecule is COC(=O)[C@@H]1CC[C@H](Br)[C@H](OC(C)=O)C1. The minimum atomic E-state index is -0.310. The van der Waals surface area contributed by atoms with E-state index in [4.69, 9.17) is 4.74 Å². The molecule has 1 rings (SSSR count). The quantitative estimate of drug-likeness (QED) is 0.569. The van der Waals surface area contributed by atoms with Crippen LogP contribution in [0.25, 0.3) is 0 Å². The fourth-order valence-corrected chi connectivity index (χ4v) is 2.40. The Labute approximate surface area is 97.4 Å². The van der Waals surface area contributed by atoms with Crippen LogP contribution < -0.4 is 0 Å². The largest absolute Gasteiger partial charge is 0.469 e. The molecule has 0 saturated heterocycles. The predicted molar refractivity (Wildman–Crippen MR) is 57.6 cm³/mol. The number of halogens is 1. The number of hydrogen-bond acceptors (Lipinski definition) is 4. The molecule has 0 aromatic rings. The van der Waals surface area contributed by atoms with Crippen molar-refractivity contribution in [2.24, 2.45) is 5.92 Å². The third-order valence-electron chi connectivity index (χ3n) is 2.56. The number of alkyl halides is 1. The average Bonchev–Trinajstić information content (AvgIpc) is 2.19. The molecule has 0 spiro atoms. The van der Waals surface area contributed by atoms with Gasteiger partial charge in [0.1, 0.15) is 6.10 Å². The third kappa shape index (κ3) is 3.48. The molecule has 3 atom stereocenters. The Kier molecular flexibility index (Phi) is 4.57. The molecule has 1 aliphatic carbocycles. The number of carbonyl (C=O) groups excluding carboxylic acids is 2. The van der Waals surface area contributed by atoms with E-state index in [-0.39, 0.29) is 28.8 Å². The molecule has 0 amide bonds. The Hall–Kier alpha value is -0.580. The normalized spacial score (nSPS) is 30.7. The lowest BCUT2D eigenvalue weighted by Crippen LogP contribution is -2.36. The first-order chi connectivity index (χ1) is 7.04. The molecule has 86 valence electrons. The highest BCUT2D eigenvalue weighted by Gasteiger charge is 2.34. The van der Waals surface area contributed by atoms with E-state index in [9.17, 15) is 9.59 Å². The minimum Gasteiger partial charge on any atom is -0.469 e. The van der Waals surface area contributed by atoms with E-state index in [1.165, 1.54) is 14.0 Å². The molecule has 4 nitrogen and oxygen atoms in total. The number of hydrogen-bond donors (Lipinski definition) is 0. The van der Waals surface area contributed by atoms with Crippen molar-refractivity contribution in [3.8, 4) is 0 Å². The first-order valence-corrected chi connectivity index (χ1v) is 5.85. The Balaban J connectivity index is 2.55. The van der Waals surface area contributed by atoms with Gasteiger partial charge in [0.25, 0.3) is 0 Å². The van der Waals surface area contributed by atoms with Crippen LogP contribution in [0, 0.1) is 5.92 Å². The highest BCUT2D eigenvalue weighted by atomic mass is 79.9. The summed E-state index contributed by atoms with van der Waals surface area (Å²) in [5.41, 5.74) is 0. The number of rotatable bonds is 2. The maximum absolute atomic E-state index is 11.3. The van der Waals surface area contributed by atoms with Crippen LogP contribution in [0.1, 0.15) is 26.2 Å². The zero-order chi connectivity index (χ0) is 11.4. The van der Waals surface area contributed by atoms with Crippen LogP contribution >= 0.6 is 15.9 Å². The van der Waals surface area contributed by atoms with Crippen molar-refractivity contribution in [2.45, 2.75) is 37.1 Å². The van der Waals surface area contributed by atoms with E-state index in [1.54, 1.807) is 0 Å². The first kappa shape index (κ1) is 12.5. The molecule has 1 fully saturated rings. The molecule has 0 N–H and O–H groups in total. The molecule has 0 bridgehead atoms. The van der Waals surface area contributed by atoms with Gasteiger partial charge in [0.2, 0.25) is 0 Å². The lowest BCUT2D eigenvalue weighted by Gasteiger charge is -2.31. The predicted octanol–water partition coefficient (Wildman–Crippen LogP) is 1.65. The van der Waals surface area contributed by atoms with Gasteiger partial charge < -0.3 is 9.47 Å². The Morgan fingerprint density at radius 2 is 2.00 bits per heavy atom. The molecular weight excluding hydrogens is 264 g/mol. The van der Waals surface area contributed by atoms with E-state index in [1.807, 2.05) is 0 Å². The minimum absolute atomic E-state index is 0.141. The van der Waals surface area contributed by atoms with E-state index >= 15 is 0 Å². The van der Waals surface area contributed by atoms with Crippen LogP contribution in [0.4, 0.5) is 0 Å². The zero-order valence-corrected chi connectivity index (χ0v) is 10.5. The summed E-state index contributed by atoms with van der Waals surface area (Å²) in [5.74, 6) is -0.672. The molecule has 5 heteroatoms. The maximum atomic E-state index is 11.3. The smallest absolute Gasteiger partial charge is 0.308 e. The highest BCUT2D eigenvalue weighted by molar-refractivity contribution is 9.09. The van der Waals surface area contributed by atoms with Crippen LogP contribution in [-0.4, -0.2) is 30.0 Å². The molecule has 0 aromatic heterocycles. The van der Waals surface area contributed by atoms with Crippen LogP contribution in [-0.2, 0) is 19.1 Å². The second kappa shape index (κ2) is 5.49. The fourth-order valence-electron chi connectivity index (χ4n) is 1.81. The van der Waals surface area contributed by atoms with Gasteiger partial charge in [-0.25, -0.2) is 0 Å². The van der Waals surface area contributed by atoms with Gasteiger partial charge in [-0.15, -0.1) is 0 Å². The summed E-state index contributed by atoms with van der Waals surface area (Å²) in [6.07, 6.45) is 1.92. The van der Waals surface area contributed by atoms with Crippen LogP contribution in [0.5, 0.6) is 0 Å². The second-order valence-corrected chi connectivity index (χ2v) is 4.87. The van der Waals surface area contributed by atoms with E-state index in [0.29, 0.717) is 6.42 Å². The van der Waals surface area contributed by atoms with Gasteiger partial charge in [-0.1, -0.05) is 15.9 Å². The molecule has 1 aliphatic rings. The summed E-state index contributed by atoms with van der Waals surface area (Å²) in [5, 5.41) is 0. The summed E-state index contributed by atoms with van der Waals surface area (Å²) in [6.45, 7) is 1.38. The van der Waals surface area contributed by atoms with Crippen molar-refractivity contribution in [2.75, 3.05) is 7.11 Å². The third-order valence-corrected chi connectivity index (χ3v) is 3.61. The lowest BCUT2D eigenvalue weighted by molar-refractivity contribution is -0.155. The fraction of sp³-hybridized carbons (Fsp3) is 0.800. The number of esters is 2. The Morgan fingerprint density at radius 1 is 1.33 bits per heavy atom. The summed E-state index contributed by atoms with van der Waals surface area (Å²) in [6, 6.07) is 0. The van der Waals surface area contributed by atoms with Crippen LogP contribution in [0.2, 0.25) is 0 Å². The van der Waals surface area contributed by atoms with Crippen molar-refractivity contribution < 1.29 is 19.1 Å². The number of methoxy groups -OCH3 is 1. The zero-order valence-electron chi connectivity index (χ0n) is 8.86. The number of ether oxygens (including phenoxy) is 2. The molecular formula is C10H15BrO4. The standard InChI is InChI=1S/C10H15BrO4/c1-6(12)15-9-5-7(10(13)14-2)3-4-8(9)11/h7-9H,3-5H2,1-2H3/t7-,8+,9-/m1/s1. The molecule has 0 radical (unpaired) electrons. The number of carbonyl (C=O) groups is 2. The van der Waals surface area contributed by atoms with Gasteiger partial charge in [-0.3, -0.25) is 9.59 Å². The Morgan fingerprint density at radius 3 is 2.53 bits per heavy atom. The summed E-state index contributed by atoms with van der Waals surface area (Å²) < 4.78 is 9.82. The van der Waals surface area contributed by atoms with Gasteiger partial charge in [0, 0.05) is 6.92 Å². The molecule has 0 heterocycles. The van der Waals surface area contributed by atoms with Crippen molar-refractivity contribution in [1.82, 2.24) is 0 Å². The molecule has 0 unspecified atom stereocenters. The first-order valence-electron chi connectivity index (χ1n) is 4.93. The van der Waals surface area contributed by atoms with Gasteiger partial charge in [0.15, 0.2) is 0 Å². The van der Waals surface area contributed by atoms with E-state index in [0.717, 1.165) is 12.8 Å². The van der Waals surface area contributed by atoms with E-state index < -0.39 is 0 Å². The molecule has 0 aliphatic heterocycles. The monoisotopic (exact) mass is 278 g/mol. The average molecular weight is 279 g/mol. The molecule has 0 aromatic carbocycles. The van der Waals surface area contributed by atoms with Gasteiger partial charge >= 0.3 is 11.9 Å². The van der Waals surface area contributed by atoms with Crippen LogP contribution in [0.15, 0.2) is 0 Å². The maximum Gasteiger partial charge on any atom is 0.308 e. The van der Waals surface area contributed by atoms with Crippen molar-refractivity contribution in [3.63, 3.8) is 0 Å². The van der Waals surface area contributed by atoms with Crippen molar-refractivity contribution >= 4 is 27.9 Å². The lowest BCUT2D eigenvalue weighted by atomic mass is 9.87. The molecule has 1 saturated carbocycles. The highest BCUT2D eigenvalue weighted by Crippen LogP contribution is 2.31. The topological polar surface area (TPSA) is 52.6 Å². The van der Waals surface area contributed by atoms with E-state index in [2.05, 4.69) is 20.7 Å². The van der Waals surface area contributed by atoms with Gasteiger partial charge in [-0.05, 0) is 19.3 Å². The van der Waals surface area contributed by atoms with Crippen LogP contribution in [0.3, 0.4) is 0 Å². The van der Waals surface area contributed by atoms with Crippen molar-refractivity contribution in [1.29, 1.82) is 0 Å². The van der Waals surface area contributed by atoms with Crippen molar-refractivity contribution in [3.05, 3.63) is 0 Å². The second-order valence-electron chi connectivity index (χ2n) is 3.70. The summed E-state index contributed by atoms with van der Waals surface area (Å²) in [7, 11) is 1.38. The Bertz CT molecular complexity index is 254. The summed E-state index contributed by atoms with van der Waals surface area (Å²) in [4.78, 5) is 22.3. The molecule has 15 heavy (non-hydrogen) atoms. The summed E-state index contributed by atoms with van der Waals surface area (Å²) >= 11 is 3.45. The van der Waals surface area contributed by atoms with Gasteiger partial charge in [-0.2, -0.15) is 0 Å².